The van der Waals surface area contributed by atoms with Crippen molar-refractivity contribution in [1.29, 1.82) is 0 Å². The lowest BCUT2D eigenvalue weighted by molar-refractivity contribution is -0.144. The quantitative estimate of drug-likeness (QED) is 0.552. The first kappa shape index (κ1) is 16.7. The van der Waals surface area contributed by atoms with E-state index in [0.717, 1.165) is 35.3 Å². The number of fused-ring (bicyclic) bond motifs is 1. The van der Waals surface area contributed by atoms with Gasteiger partial charge in [0.05, 0.1) is 12.8 Å². The van der Waals surface area contributed by atoms with Gasteiger partial charge >= 0.3 is 0 Å². The molecule has 0 aliphatic carbocycles. The Bertz CT molecular complexity index is 1130. The molecule has 140 valence electrons. The fourth-order valence-electron chi connectivity index (χ4n) is 3.50. The van der Waals surface area contributed by atoms with E-state index in [4.69, 9.17) is 4.84 Å². The summed E-state index contributed by atoms with van der Waals surface area (Å²) in [5.74, 6) is 0.627. The second-order valence-corrected chi connectivity index (χ2v) is 6.72. The van der Waals surface area contributed by atoms with Gasteiger partial charge in [-0.05, 0) is 48.7 Å². The van der Waals surface area contributed by atoms with Crippen LogP contribution in [0.25, 0.3) is 22.5 Å². The highest BCUT2D eigenvalue weighted by atomic mass is 16.7. The van der Waals surface area contributed by atoms with Gasteiger partial charge in [-0.1, -0.05) is 12.1 Å². The maximum absolute atomic E-state index is 12.9. The van der Waals surface area contributed by atoms with Crippen molar-refractivity contribution < 1.29 is 9.63 Å². The van der Waals surface area contributed by atoms with Gasteiger partial charge in [-0.25, -0.2) is 9.75 Å². The first-order chi connectivity index (χ1) is 13.8. The molecule has 0 N–H and O–H groups in total. The molecule has 0 aromatic carbocycles. The van der Waals surface area contributed by atoms with Crippen LogP contribution < -0.4 is 0 Å². The number of hydrogen-bond acceptors (Lipinski definition) is 4. The molecule has 7 nitrogen and oxygen atoms in total. The molecule has 28 heavy (non-hydrogen) atoms. The van der Waals surface area contributed by atoms with Crippen molar-refractivity contribution in [2.45, 2.75) is 12.8 Å². The average molecular weight is 373 g/mol. The first-order valence-electron chi connectivity index (χ1n) is 9.32. The second-order valence-electron chi connectivity index (χ2n) is 6.72. The van der Waals surface area contributed by atoms with Crippen LogP contribution in [0.2, 0.25) is 0 Å². The first-order valence-corrected chi connectivity index (χ1v) is 9.32. The Balaban J connectivity index is 1.57. The predicted molar refractivity (Wildman–Crippen MR) is 104 cm³/mol. The van der Waals surface area contributed by atoms with Crippen molar-refractivity contribution in [1.82, 2.24) is 24.2 Å². The Hall–Kier alpha value is -3.45. The molecule has 1 saturated heterocycles. The van der Waals surface area contributed by atoms with Crippen LogP contribution in [0.3, 0.4) is 0 Å². The van der Waals surface area contributed by atoms with Crippen LogP contribution in [-0.2, 0) is 4.84 Å². The Morgan fingerprint density at radius 2 is 1.93 bits per heavy atom. The molecule has 0 bridgehead atoms. The summed E-state index contributed by atoms with van der Waals surface area (Å²) in [4.78, 5) is 22.7. The monoisotopic (exact) mass is 373 g/mol. The summed E-state index contributed by atoms with van der Waals surface area (Å²) in [6.07, 6.45) is 9.19. The average Bonchev–Trinajstić information content (AvgIpc) is 3.40. The smallest absolute Gasteiger partial charge is 0.296 e. The number of hydroxylamine groups is 2. The van der Waals surface area contributed by atoms with Crippen LogP contribution in [0.5, 0.6) is 0 Å². The van der Waals surface area contributed by atoms with Crippen molar-refractivity contribution in [3.8, 4) is 16.9 Å². The summed E-state index contributed by atoms with van der Waals surface area (Å²) >= 11 is 0. The summed E-state index contributed by atoms with van der Waals surface area (Å²) in [5.41, 5.74) is 3.57. The Morgan fingerprint density at radius 3 is 2.75 bits per heavy atom. The van der Waals surface area contributed by atoms with Gasteiger partial charge in [0.15, 0.2) is 0 Å². The summed E-state index contributed by atoms with van der Waals surface area (Å²) < 4.78 is 3.70. The Labute approximate surface area is 161 Å². The molecule has 1 aliphatic heterocycles. The molecule has 0 saturated carbocycles. The number of carbonyl (C=O) groups is 1. The van der Waals surface area contributed by atoms with E-state index in [-0.39, 0.29) is 5.91 Å². The molecule has 0 unspecified atom stereocenters. The highest BCUT2D eigenvalue weighted by molar-refractivity contribution is 5.92. The lowest BCUT2D eigenvalue weighted by atomic mass is 10.1. The zero-order valence-corrected chi connectivity index (χ0v) is 15.2. The van der Waals surface area contributed by atoms with E-state index in [0.29, 0.717) is 18.8 Å². The largest absolute Gasteiger partial charge is 0.301 e. The summed E-state index contributed by atoms with van der Waals surface area (Å²) in [6, 6.07) is 13.7. The van der Waals surface area contributed by atoms with Gasteiger partial charge < -0.3 is 4.40 Å². The molecule has 0 spiro atoms. The number of rotatable bonds is 3. The van der Waals surface area contributed by atoms with Gasteiger partial charge in [0.25, 0.3) is 5.91 Å². The van der Waals surface area contributed by atoms with Crippen LogP contribution in [0, 0.1) is 0 Å². The van der Waals surface area contributed by atoms with Crippen molar-refractivity contribution in [2.75, 3.05) is 13.2 Å². The van der Waals surface area contributed by atoms with Crippen molar-refractivity contribution in [2.24, 2.45) is 0 Å². The standard InChI is InChI=1S/C21H19N5O2/c27-21(25-12-1-2-13-28-25)19-9-11-23-26(19)20-8-7-18-6-5-17(15-24(18)20)16-4-3-10-22-14-16/h3-11,14-15H,1-2,12-13H2. The van der Waals surface area contributed by atoms with Crippen molar-refractivity contribution in [3.63, 3.8) is 0 Å². The van der Waals surface area contributed by atoms with Crippen LogP contribution in [0.4, 0.5) is 0 Å². The normalized spacial score (nSPS) is 14.5. The van der Waals surface area contributed by atoms with Crippen LogP contribution in [-0.4, -0.2) is 43.3 Å². The van der Waals surface area contributed by atoms with Gasteiger partial charge in [0, 0.05) is 36.2 Å². The summed E-state index contributed by atoms with van der Waals surface area (Å²) in [6.45, 7) is 1.17. The molecule has 0 radical (unpaired) electrons. The third kappa shape index (κ3) is 2.86. The molecule has 1 aliphatic rings. The Morgan fingerprint density at radius 1 is 1.00 bits per heavy atom. The number of nitrogens with zero attached hydrogens (tertiary/aromatic N) is 5. The van der Waals surface area contributed by atoms with Gasteiger partial charge in [-0.3, -0.25) is 14.6 Å². The molecule has 1 fully saturated rings. The lowest BCUT2D eigenvalue weighted by Gasteiger charge is -2.25. The molecule has 5 heterocycles. The topological polar surface area (TPSA) is 64.7 Å². The van der Waals surface area contributed by atoms with E-state index in [1.165, 1.54) is 5.06 Å². The number of carbonyl (C=O) groups excluding carboxylic acids is 1. The second kappa shape index (κ2) is 6.94. The molecule has 4 aromatic rings. The minimum absolute atomic E-state index is 0.171. The zero-order chi connectivity index (χ0) is 18.9. The molecular weight excluding hydrogens is 354 g/mol. The molecule has 1 amide bonds. The number of hydrogen-bond donors (Lipinski definition) is 0. The molecule has 7 heteroatoms. The van der Waals surface area contributed by atoms with E-state index in [9.17, 15) is 4.79 Å². The summed E-state index contributed by atoms with van der Waals surface area (Å²) in [7, 11) is 0. The third-order valence-electron chi connectivity index (χ3n) is 4.93. The van der Waals surface area contributed by atoms with Gasteiger partial charge in [-0.15, -0.1) is 0 Å². The van der Waals surface area contributed by atoms with Gasteiger partial charge in [0.2, 0.25) is 0 Å². The molecular formula is C21H19N5O2. The fourth-order valence-corrected chi connectivity index (χ4v) is 3.50. The van der Waals surface area contributed by atoms with Crippen molar-refractivity contribution in [3.05, 3.63) is 72.9 Å². The minimum atomic E-state index is -0.171. The molecule has 4 aromatic heterocycles. The molecule has 5 rings (SSSR count). The molecule has 0 atom stereocenters. The van der Waals surface area contributed by atoms with Crippen molar-refractivity contribution >= 4 is 11.4 Å². The Kier molecular flexibility index (Phi) is 4.14. The van der Waals surface area contributed by atoms with Crippen LogP contribution in [0.1, 0.15) is 23.3 Å². The number of amides is 1. The summed E-state index contributed by atoms with van der Waals surface area (Å²) in [5, 5.41) is 5.85. The minimum Gasteiger partial charge on any atom is -0.301 e. The van der Waals surface area contributed by atoms with E-state index >= 15 is 0 Å². The maximum atomic E-state index is 12.9. The van der Waals surface area contributed by atoms with Crippen LogP contribution >= 0.6 is 0 Å². The van der Waals surface area contributed by atoms with E-state index in [1.54, 1.807) is 23.1 Å². The van der Waals surface area contributed by atoms with Crippen LogP contribution in [0.15, 0.2) is 67.3 Å². The number of aromatic nitrogens is 4. The van der Waals surface area contributed by atoms with Gasteiger partial charge in [0.1, 0.15) is 11.5 Å². The SMILES string of the molecule is O=C(c1ccnn1-c1ccc2ccc(-c3cccnc3)cn12)N1CCCCO1. The zero-order valence-electron chi connectivity index (χ0n) is 15.2. The fraction of sp³-hybridized carbons (Fsp3) is 0.190. The highest BCUT2D eigenvalue weighted by Gasteiger charge is 2.24. The predicted octanol–water partition coefficient (Wildman–Crippen LogP) is 3.35. The van der Waals surface area contributed by atoms with E-state index in [1.807, 2.05) is 47.1 Å². The third-order valence-corrected chi connectivity index (χ3v) is 4.93. The maximum Gasteiger partial charge on any atom is 0.296 e. The number of pyridine rings is 2. The van der Waals surface area contributed by atoms with Gasteiger partial charge in [-0.2, -0.15) is 5.10 Å². The van der Waals surface area contributed by atoms with E-state index < -0.39 is 0 Å². The van der Waals surface area contributed by atoms with E-state index in [2.05, 4.69) is 16.1 Å². The lowest BCUT2D eigenvalue weighted by Crippen LogP contribution is -2.36. The highest BCUT2D eigenvalue weighted by Crippen LogP contribution is 2.23.